The van der Waals surface area contributed by atoms with Gasteiger partial charge < -0.3 is 15.4 Å². The number of anilines is 1. The largest absolute Gasteiger partial charge is 0.465 e. The predicted octanol–water partition coefficient (Wildman–Crippen LogP) is 1.55. The van der Waals surface area contributed by atoms with E-state index in [2.05, 4.69) is 15.4 Å². The van der Waals surface area contributed by atoms with Gasteiger partial charge in [0, 0.05) is 6.54 Å². The molecule has 1 amide bonds. The lowest BCUT2D eigenvalue weighted by Crippen LogP contribution is -2.35. The molecule has 1 heterocycles. The molecule has 2 rings (SSSR count). The van der Waals surface area contributed by atoms with Gasteiger partial charge >= 0.3 is 5.97 Å². The van der Waals surface area contributed by atoms with E-state index < -0.39 is 17.2 Å². The van der Waals surface area contributed by atoms with E-state index in [9.17, 15) is 14.0 Å². The zero-order valence-corrected chi connectivity index (χ0v) is 11.5. The number of carbonyl (C=O) groups is 2. The van der Waals surface area contributed by atoms with Gasteiger partial charge in [-0.15, -0.1) is 0 Å². The number of amides is 1. The minimum absolute atomic E-state index is 0.00831. The molecule has 1 aromatic carbocycles. The quantitative estimate of drug-likeness (QED) is 0.824. The number of nitrogens with one attached hydrogen (secondary N) is 2. The molecular weight excluding hydrogens is 263 g/mol. The highest BCUT2D eigenvalue weighted by Crippen LogP contribution is 2.27. The fourth-order valence-corrected chi connectivity index (χ4v) is 2.15. The van der Waals surface area contributed by atoms with Crippen molar-refractivity contribution >= 4 is 17.6 Å². The number of esters is 1. The first kappa shape index (κ1) is 14.5. The van der Waals surface area contributed by atoms with Crippen molar-refractivity contribution in [3.05, 3.63) is 29.6 Å². The highest BCUT2D eigenvalue weighted by atomic mass is 19.1. The summed E-state index contributed by atoms with van der Waals surface area (Å²) in [6.45, 7) is 3.14. The lowest BCUT2D eigenvalue weighted by Gasteiger charge is -2.21. The molecule has 2 N–H and O–H groups in total. The number of carbonyl (C=O) groups excluding carboxylic acids is 2. The third-order valence-corrected chi connectivity index (χ3v) is 3.55. The molecule has 20 heavy (non-hydrogen) atoms. The van der Waals surface area contributed by atoms with E-state index in [0.29, 0.717) is 13.0 Å². The highest BCUT2D eigenvalue weighted by molar-refractivity contribution is 5.97. The van der Waals surface area contributed by atoms with Crippen molar-refractivity contribution in [3.8, 4) is 0 Å². The molecule has 0 radical (unpaired) electrons. The summed E-state index contributed by atoms with van der Waals surface area (Å²) >= 11 is 0. The maximum atomic E-state index is 13.7. The number of rotatable bonds is 3. The summed E-state index contributed by atoms with van der Waals surface area (Å²) in [6, 6.07) is 3.73. The molecule has 0 bridgehead atoms. The van der Waals surface area contributed by atoms with E-state index in [1.165, 1.54) is 19.2 Å². The molecule has 108 valence electrons. The SMILES string of the molecule is COC(=O)c1ccc(F)c(NC(=O)C2(C)CCNC2)c1. The van der Waals surface area contributed by atoms with Crippen LogP contribution in [0.25, 0.3) is 0 Å². The molecular formula is C14H17FN2O3. The molecule has 1 aromatic rings. The average molecular weight is 280 g/mol. The summed E-state index contributed by atoms with van der Waals surface area (Å²) in [5, 5.41) is 5.65. The van der Waals surface area contributed by atoms with Crippen LogP contribution in [-0.2, 0) is 9.53 Å². The van der Waals surface area contributed by atoms with Crippen LogP contribution in [-0.4, -0.2) is 32.1 Å². The van der Waals surface area contributed by atoms with Crippen molar-refractivity contribution in [1.29, 1.82) is 0 Å². The Balaban J connectivity index is 2.20. The van der Waals surface area contributed by atoms with E-state index in [1.807, 2.05) is 6.92 Å². The van der Waals surface area contributed by atoms with Crippen LogP contribution >= 0.6 is 0 Å². The molecule has 6 heteroatoms. The molecule has 0 aliphatic carbocycles. The van der Waals surface area contributed by atoms with Crippen LogP contribution in [0.3, 0.4) is 0 Å². The summed E-state index contributed by atoms with van der Waals surface area (Å²) in [4.78, 5) is 23.6. The smallest absolute Gasteiger partial charge is 0.337 e. The average Bonchev–Trinajstić information content (AvgIpc) is 2.88. The summed E-state index contributed by atoms with van der Waals surface area (Å²) in [5.41, 5.74) is -0.377. The number of methoxy groups -OCH3 is 1. The van der Waals surface area contributed by atoms with Crippen LogP contribution in [0.5, 0.6) is 0 Å². The van der Waals surface area contributed by atoms with Crippen molar-refractivity contribution in [2.75, 3.05) is 25.5 Å². The first-order chi connectivity index (χ1) is 9.46. The molecule has 1 saturated heterocycles. The third kappa shape index (κ3) is 2.80. The van der Waals surface area contributed by atoms with Crippen molar-refractivity contribution in [1.82, 2.24) is 5.32 Å². The molecule has 1 fully saturated rings. The van der Waals surface area contributed by atoms with Crippen molar-refractivity contribution in [2.24, 2.45) is 5.41 Å². The van der Waals surface area contributed by atoms with Gasteiger partial charge in [0.05, 0.1) is 23.8 Å². The van der Waals surface area contributed by atoms with Crippen molar-refractivity contribution < 1.29 is 18.7 Å². The van der Waals surface area contributed by atoms with Gasteiger partial charge in [0.2, 0.25) is 5.91 Å². The van der Waals surface area contributed by atoms with Gasteiger partial charge in [-0.05, 0) is 38.1 Å². The Morgan fingerprint density at radius 3 is 2.80 bits per heavy atom. The number of halogens is 1. The van der Waals surface area contributed by atoms with E-state index in [4.69, 9.17) is 0 Å². The summed E-state index contributed by atoms with van der Waals surface area (Å²) in [6.07, 6.45) is 0.692. The maximum Gasteiger partial charge on any atom is 0.337 e. The Bertz CT molecular complexity index is 539. The van der Waals surface area contributed by atoms with E-state index in [0.717, 1.165) is 12.6 Å². The number of ether oxygens (including phenoxy) is 1. The van der Waals surface area contributed by atoms with Gasteiger partial charge in [0.25, 0.3) is 0 Å². The lowest BCUT2D eigenvalue weighted by molar-refractivity contribution is -0.123. The Hall–Kier alpha value is -1.95. The van der Waals surface area contributed by atoms with Gasteiger partial charge in [-0.1, -0.05) is 0 Å². The first-order valence-corrected chi connectivity index (χ1v) is 6.36. The zero-order chi connectivity index (χ0) is 14.8. The summed E-state index contributed by atoms with van der Waals surface area (Å²) in [7, 11) is 1.25. The van der Waals surface area contributed by atoms with Gasteiger partial charge in [-0.25, -0.2) is 9.18 Å². The Morgan fingerprint density at radius 1 is 1.45 bits per heavy atom. The monoisotopic (exact) mass is 280 g/mol. The summed E-state index contributed by atoms with van der Waals surface area (Å²) in [5.74, 6) is -1.42. The molecule has 1 atom stereocenters. The van der Waals surface area contributed by atoms with Gasteiger partial charge in [0.15, 0.2) is 0 Å². The molecule has 0 saturated carbocycles. The molecule has 0 aromatic heterocycles. The normalized spacial score (nSPS) is 21.6. The Morgan fingerprint density at radius 2 is 2.20 bits per heavy atom. The fraction of sp³-hybridized carbons (Fsp3) is 0.429. The molecule has 1 aliphatic rings. The fourth-order valence-electron chi connectivity index (χ4n) is 2.15. The Kier molecular flexibility index (Phi) is 4.04. The minimum atomic E-state index is -0.583. The van der Waals surface area contributed by atoms with E-state index in [-0.39, 0.29) is 17.2 Å². The number of hydrogen-bond acceptors (Lipinski definition) is 4. The topological polar surface area (TPSA) is 67.4 Å². The standard InChI is InChI=1S/C14H17FN2O3/c1-14(5-6-16-8-14)13(19)17-11-7-9(12(18)20-2)3-4-10(11)15/h3-4,7,16H,5-6,8H2,1-2H3,(H,17,19). The second-order valence-corrected chi connectivity index (χ2v) is 5.13. The van der Waals surface area contributed by atoms with Gasteiger partial charge in [0.1, 0.15) is 5.82 Å². The van der Waals surface area contributed by atoms with Gasteiger partial charge in [-0.2, -0.15) is 0 Å². The van der Waals surface area contributed by atoms with Crippen LogP contribution in [0.15, 0.2) is 18.2 Å². The van der Waals surface area contributed by atoms with Gasteiger partial charge in [-0.3, -0.25) is 4.79 Å². The van der Waals surface area contributed by atoms with E-state index in [1.54, 1.807) is 0 Å². The van der Waals surface area contributed by atoms with E-state index >= 15 is 0 Å². The summed E-state index contributed by atoms with van der Waals surface area (Å²) < 4.78 is 18.3. The zero-order valence-electron chi connectivity index (χ0n) is 11.5. The lowest BCUT2D eigenvalue weighted by atomic mass is 9.88. The van der Waals surface area contributed by atoms with Crippen LogP contribution in [0.2, 0.25) is 0 Å². The van der Waals surface area contributed by atoms with Crippen LogP contribution in [0.1, 0.15) is 23.7 Å². The maximum absolute atomic E-state index is 13.7. The third-order valence-electron chi connectivity index (χ3n) is 3.55. The van der Waals surface area contributed by atoms with Crippen molar-refractivity contribution in [2.45, 2.75) is 13.3 Å². The molecule has 1 unspecified atom stereocenters. The number of benzene rings is 1. The van der Waals surface area contributed by atoms with Crippen molar-refractivity contribution in [3.63, 3.8) is 0 Å². The molecule has 0 spiro atoms. The number of hydrogen-bond donors (Lipinski definition) is 2. The minimum Gasteiger partial charge on any atom is -0.465 e. The van der Waals surface area contributed by atoms with Crippen LogP contribution in [0.4, 0.5) is 10.1 Å². The Labute approximate surface area is 116 Å². The van der Waals surface area contributed by atoms with Crippen LogP contribution < -0.4 is 10.6 Å². The molecule has 5 nitrogen and oxygen atoms in total. The predicted molar refractivity (Wildman–Crippen MR) is 72.0 cm³/mol. The first-order valence-electron chi connectivity index (χ1n) is 6.36. The second-order valence-electron chi connectivity index (χ2n) is 5.13. The highest BCUT2D eigenvalue weighted by Gasteiger charge is 2.36. The van der Waals surface area contributed by atoms with Crippen LogP contribution in [0, 0.1) is 11.2 Å². The second kappa shape index (κ2) is 5.58. The molecule has 1 aliphatic heterocycles.